The third kappa shape index (κ3) is 15.7. The first-order valence-corrected chi connectivity index (χ1v) is 13.2. The van der Waals surface area contributed by atoms with E-state index in [1.54, 1.807) is 0 Å². The SMILES string of the molecule is CCCCCCCc1ccc(OCCCCS(=O)(=O)[O-])c(CCCCCCC)c1.[Na+]. The van der Waals surface area contributed by atoms with Gasteiger partial charge in [-0.2, -0.15) is 0 Å². The van der Waals surface area contributed by atoms with Crippen LogP contribution in [0.5, 0.6) is 5.75 Å². The summed E-state index contributed by atoms with van der Waals surface area (Å²) in [6.45, 7) is 4.92. The molecule has 0 atom stereocenters. The molecule has 4 nitrogen and oxygen atoms in total. The first kappa shape index (κ1) is 29.9. The molecule has 1 aromatic rings. The van der Waals surface area contributed by atoms with Gasteiger partial charge >= 0.3 is 29.6 Å². The summed E-state index contributed by atoms with van der Waals surface area (Å²) in [5, 5.41) is 0. The van der Waals surface area contributed by atoms with Crippen LogP contribution in [-0.4, -0.2) is 25.3 Å². The second-order valence-electron chi connectivity index (χ2n) is 8.09. The molecule has 0 amide bonds. The molecule has 0 saturated heterocycles. The summed E-state index contributed by atoms with van der Waals surface area (Å²) in [6, 6.07) is 6.54. The van der Waals surface area contributed by atoms with Gasteiger partial charge in [-0.25, -0.2) is 8.42 Å². The molecule has 6 heteroatoms. The van der Waals surface area contributed by atoms with Crippen molar-refractivity contribution < 1.29 is 47.3 Å². The summed E-state index contributed by atoms with van der Waals surface area (Å²) < 4.78 is 38.0. The minimum absolute atomic E-state index is 0. The number of hydrogen-bond acceptors (Lipinski definition) is 4. The third-order valence-electron chi connectivity index (χ3n) is 5.29. The van der Waals surface area contributed by atoms with Crippen molar-refractivity contribution in [3.63, 3.8) is 0 Å². The second kappa shape index (κ2) is 18.5. The summed E-state index contributed by atoms with van der Waals surface area (Å²) in [6.07, 6.45) is 15.8. The molecule has 0 fully saturated rings. The van der Waals surface area contributed by atoms with Crippen LogP contribution in [0.1, 0.15) is 102 Å². The van der Waals surface area contributed by atoms with E-state index in [4.69, 9.17) is 4.74 Å². The molecule has 0 N–H and O–H groups in total. The van der Waals surface area contributed by atoms with E-state index in [1.807, 2.05) is 0 Å². The standard InChI is InChI=1S/C24H42O4S.Na/c1-3-5-7-9-11-15-22-17-18-24(28-19-13-14-20-29(25,26)27)23(21-22)16-12-10-8-6-4-2;/h17-18,21H,3-16,19-20H2,1-2H3,(H,25,26,27);/q;+1/p-1. The van der Waals surface area contributed by atoms with Crippen LogP contribution >= 0.6 is 0 Å². The molecular weight excluding hydrogens is 407 g/mol. The fraction of sp³-hybridized carbons (Fsp3) is 0.750. The van der Waals surface area contributed by atoms with Gasteiger partial charge in [0.2, 0.25) is 0 Å². The summed E-state index contributed by atoms with van der Waals surface area (Å²) in [5.41, 5.74) is 2.65. The van der Waals surface area contributed by atoms with Gasteiger partial charge in [0, 0.05) is 5.75 Å². The van der Waals surface area contributed by atoms with Crippen LogP contribution in [0.25, 0.3) is 0 Å². The minimum Gasteiger partial charge on any atom is -0.748 e. The van der Waals surface area contributed by atoms with E-state index in [0.29, 0.717) is 19.4 Å². The van der Waals surface area contributed by atoms with Crippen LogP contribution in [0, 0.1) is 0 Å². The van der Waals surface area contributed by atoms with Crippen molar-refractivity contribution in [1.82, 2.24) is 0 Å². The van der Waals surface area contributed by atoms with Crippen molar-refractivity contribution >= 4 is 10.1 Å². The van der Waals surface area contributed by atoms with Gasteiger partial charge in [-0.1, -0.05) is 77.3 Å². The van der Waals surface area contributed by atoms with Crippen LogP contribution in [0.4, 0.5) is 0 Å². The largest absolute Gasteiger partial charge is 1.00 e. The van der Waals surface area contributed by atoms with E-state index in [9.17, 15) is 13.0 Å². The fourth-order valence-corrected chi connectivity index (χ4v) is 4.10. The molecule has 168 valence electrons. The van der Waals surface area contributed by atoms with Crippen molar-refractivity contribution in [1.29, 1.82) is 0 Å². The summed E-state index contributed by atoms with van der Waals surface area (Å²) in [4.78, 5) is 0. The van der Waals surface area contributed by atoms with Crippen molar-refractivity contribution in [2.24, 2.45) is 0 Å². The first-order chi connectivity index (χ1) is 14.0. The summed E-state index contributed by atoms with van der Waals surface area (Å²) in [7, 11) is -4.12. The average molecular weight is 449 g/mol. The normalized spacial score (nSPS) is 11.3. The van der Waals surface area contributed by atoms with Gasteiger partial charge in [-0.05, 0) is 55.7 Å². The molecule has 1 rings (SSSR count). The predicted molar refractivity (Wildman–Crippen MR) is 121 cm³/mol. The van der Waals surface area contributed by atoms with Crippen molar-refractivity contribution in [2.45, 2.75) is 104 Å². The summed E-state index contributed by atoms with van der Waals surface area (Å²) >= 11 is 0. The van der Waals surface area contributed by atoms with Gasteiger partial charge in [-0.3, -0.25) is 0 Å². The zero-order valence-corrected chi connectivity index (χ0v) is 22.4. The third-order valence-corrected chi connectivity index (χ3v) is 6.08. The maximum absolute atomic E-state index is 10.7. The van der Waals surface area contributed by atoms with Crippen LogP contribution in [-0.2, 0) is 23.0 Å². The number of aryl methyl sites for hydroxylation is 2. The van der Waals surface area contributed by atoms with Crippen LogP contribution < -0.4 is 34.3 Å². The monoisotopic (exact) mass is 448 g/mol. The van der Waals surface area contributed by atoms with Gasteiger partial charge in [0.25, 0.3) is 0 Å². The Kier molecular flexibility index (Phi) is 18.5. The molecule has 30 heavy (non-hydrogen) atoms. The molecule has 0 aliphatic rings. The smallest absolute Gasteiger partial charge is 0.748 e. The number of benzene rings is 1. The molecule has 1 aromatic carbocycles. The van der Waals surface area contributed by atoms with Crippen LogP contribution in [0.15, 0.2) is 18.2 Å². The fourth-order valence-electron chi connectivity index (χ4n) is 3.54. The summed E-state index contributed by atoms with van der Waals surface area (Å²) in [5.74, 6) is 0.609. The molecule has 0 bridgehead atoms. The van der Waals surface area contributed by atoms with Crippen molar-refractivity contribution in [3.05, 3.63) is 29.3 Å². The van der Waals surface area contributed by atoms with Gasteiger partial charge in [0.05, 0.1) is 16.7 Å². The predicted octanol–water partition coefficient (Wildman–Crippen LogP) is 3.42. The van der Waals surface area contributed by atoms with E-state index < -0.39 is 10.1 Å². The van der Waals surface area contributed by atoms with Crippen molar-refractivity contribution in [2.75, 3.05) is 12.4 Å². The molecule has 0 radical (unpaired) electrons. The Balaban J connectivity index is 0.00000841. The first-order valence-electron chi connectivity index (χ1n) is 11.6. The number of rotatable bonds is 18. The van der Waals surface area contributed by atoms with Crippen LogP contribution in [0.3, 0.4) is 0 Å². The van der Waals surface area contributed by atoms with E-state index in [2.05, 4.69) is 32.0 Å². The second-order valence-corrected chi connectivity index (χ2v) is 9.61. The van der Waals surface area contributed by atoms with Crippen LogP contribution in [0.2, 0.25) is 0 Å². The van der Waals surface area contributed by atoms with E-state index >= 15 is 0 Å². The van der Waals surface area contributed by atoms with E-state index in [-0.39, 0.29) is 35.3 Å². The van der Waals surface area contributed by atoms with Gasteiger partial charge < -0.3 is 9.29 Å². The number of ether oxygens (including phenoxy) is 1. The Hall–Kier alpha value is -0.0700. The number of unbranched alkanes of at least 4 members (excludes halogenated alkanes) is 9. The molecular formula is C24H41NaO4S. The molecule has 0 aromatic heterocycles. The molecule has 0 saturated carbocycles. The number of hydrogen-bond donors (Lipinski definition) is 0. The Morgan fingerprint density at radius 2 is 1.40 bits per heavy atom. The molecule has 0 spiro atoms. The van der Waals surface area contributed by atoms with E-state index in [1.165, 1.54) is 75.3 Å². The average Bonchev–Trinajstić information content (AvgIpc) is 2.67. The maximum atomic E-state index is 10.7. The molecule has 0 unspecified atom stereocenters. The zero-order chi connectivity index (χ0) is 21.4. The molecule has 0 aliphatic heterocycles. The van der Waals surface area contributed by atoms with E-state index in [0.717, 1.165) is 18.6 Å². The minimum atomic E-state index is -4.12. The Morgan fingerprint density at radius 1 is 0.800 bits per heavy atom. The topological polar surface area (TPSA) is 66.4 Å². The van der Waals surface area contributed by atoms with Gasteiger partial charge in [0.15, 0.2) is 0 Å². The Labute approximate surface area is 207 Å². The van der Waals surface area contributed by atoms with Crippen molar-refractivity contribution in [3.8, 4) is 5.75 Å². The zero-order valence-electron chi connectivity index (χ0n) is 19.6. The quantitative estimate of drug-likeness (QED) is 0.196. The Morgan fingerprint density at radius 3 is 2.00 bits per heavy atom. The van der Waals surface area contributed by atoms with Gasteiger partial charge in [-0.15, -0.1) is 0 Å². The molecule has 0 aliphatic carbocycles. The Bertz CT molecular complexity index is 647. The molecule has 0 heterocycles. The maximum Gasteiger partial charge on any atom is 1.00 e. The van der Waals surface area contributed by atoms with Gasteiger partial charge in [0.1, 0.15) is 5.75 Å².